The Kier molecular flexibility index (Phi) is 5.91. The Morgan fingerprint density at radius 3 is 2.55 bits per heavy atom. The van der Waals surface area contributed by atoms with Crippen LogP contribution in [0.1, 0.15) is 5.56 Å². The van der Waals surface area contributed by atoms with Crippen LogP contribution in [0.5, 0.6) is 0 Å². The van der Waals surface area contributed by atoms with Crippen molar-refractivity contribution in [3.63, 3.8) is 0 Å². The molecule has 1 heterocycles. The molecule has 1 aromatic carbocycles. The van der Waals surface area contributed by atoms with Gasteiger partial charge in [0, 0.05) is 38.3 Å². The number of morpholine rings is 1. The number of ether oxygens (including phenoxy) is 1. The summed E-state index contributed by atoms with van der Waals surface area (Å²) in [7, 11) is 0. The zero-order valence-electron chi connectivity index (χ0n) is 11.6. The summed E-state index contributed by atoms with van der Waals surface area (Å²) in [6.07, 6.45) is 0.890. The minimum absolute atomic E-state index is 0.147. The van der Waals surface area contributed by atoms with E-state index >= 15 is 0 Å². The van der Waals surface area contributed by atoms with Gasteiger partial charge in [-0.2, -0.15) is 0 Å². The van der Waals surface area contributed by atoms with Crippen LogP contribution in [0.4, 0.5) is 5.69 Å². The number of nitrogens with one attached hydrogen (secondary N) is 1. The van der Waals surface area contributed by atoms with Crippen molar-refractivity contribution in [2.45, 2.75) is 6.42 Å². The van der Waals surface area contributed by atoms with E-state index in [-0.39, 0.29) is 10.6 Å². The number of hydrogen-bond donors (Lipinski definition) is 1. The van der Waals surface area contributed by atoms with Crippen LogP contribution in [-0.2, 0) is 11.2 Å². The van der Waals surface area contributed by atoms with Crippen LogP contribution in [0.3, 0.4) is 0 Å². The SMILES string of the molecule is O=[N+]([O-])c1ccc(CCNCCN2CCOCC2)cc1. The summed E-state index contributed by atoms with van der Waals surface area (Å²) in [5, 5.41) is 13.9. The molecule has 0 bridgehead atoms. The second kappa shape index (κ2) is 7.94. The lowest BCUT2D eigenvalue weighted by atomic mass is 10.1. The van der Waals surface area contributed by atoms with Gasteiger partial charge in [-0.05, 0) is 18.5 Å². The Balaban J connectivity index is 1.59. The van der Waals surface area contributed by atoms with Crippen LogP contribution in [0.15, 0.2) is 24.3 Å². The van der Waals surface area contributed by atoms with Gasteiger partial charge in [0.05, 0.1) is 18.1 Å². The number of nitrogens with zero attached hydrogens (tertiary/aromatic N) is 2. The van der Waals surface area contributed by atoms with Gasteiger partial charge >= 0.3 is 0 Å². The van der Waals surface area contributed by atoms with Crippen molar-refractivity contribution in [2.24, 2.45) is 0 Å². The number of nitro benzene ring substituents is 1. The first-order chi connectivity index (χ1) is 9.75. The minimum Gasteiger partial charge on any atom is -0.379 e. The molecule has 0 amide bonds. The third-order valence-corrected chi connectivity index (χ3v) is 3.45. The molecule has 0 atom stereocenters. The molecule has 1 fully saturated rings. The smallest absolute Gasteiger partial charge is 0.269 e. The van der Waals surface area contributed by atoms with E-state index in [4.69, 9.17) is 4.74 Å². The molecule has 0 saturated carbocycles. The molecule has 1 N–H and O–H groups in total. The molecule has 0 spiro atoms. The van der Waals surface area contributed by atoms with Crippen LogP contribution in [0, 0.1) is 10.1 Å². The quantitative estimate of drug-likeness (QED) is 0.459. The molecular formula is C14H21N3O3. The molecule has 1 aliphatic rings. The average Bonchev–Trinajstić information content (AvgIpc) is 2.48. The highest BCUT2D eigenvalue weighted by Gasteiger charge is 2.09. The third kappa shape index (κ3) is 4.88. The van der Waals surface area contributed by atoms with Gasteiger partial charge in [0.2, 0.25) is 0 Å². The summed E-state index contributed by atoms with van der Waals surface area (Å²) in [5.74, 6) is 0. The molecule has 1 saturated heterocycles. The molecule has 20 heavy (non-hydrogen) atoms. The number of nitro groups is 1. The second-order valence-electron chi connectivity index (χ2n) is 4.88. The molecule has 1 aromatic rings. The molecule has 1 aliphatic heterocycles. The van der Waals surface area contributed by atoms with Crippen LogP contribution in [0.25, 0.3) is 0 Å². The molecule has 6 nitrogen and oxygen atoms in total. The van der Waals surface area contributed by atoms with Crippen molar-refractivity contribution in [3.8, 4) is 0 Å². The molecule has 0 aromatic heterocycles. The summed E-state index contributed by atoms with van der Waals surface area (Å²) < 4.78 is 5.30. The monoisotopic (exact) mass is 279 g/mol. The lowest BCUT2D eigenvalue weighted by Gasteiger charge is -2.26. The van der Waals surface area contributed by atoms with Crippen molar-refractivity contribution in [1.82, 2.24) is 10.2 Å². The number of hydrogen-bond acceptors (Lipinski definition) is 5. The number of rotatable bonds is 7. The van der Waals surface area contributed by atoms with E-state index in [2.05, 4.69) is 10.2 Å². The van der Waals surface area contributed by atoms with Crippen molar-refractivity contribution in [1.29, 1.82) is 0 Å². The highest BCUT2D eigenvalue weighted by Crippen LogP contribution is 2.11. The van der Waals surface area contributed by atoms with E-state index in [0.717, 1.165) is 57.9 Å². The van der Waals surface area contributed by atoms with Crippen molar-refractivity contribution in [3.05, 3.63) is 39.9 Å². The van der Waals surface area contributed by atoms with Crippen molar-refractivity contribution >= 4 is 5.69 Å². The number of non-ortho nitro benzene ring substituents is 1. The lowest BCUT2D eigenvalue weighted by Crippen LogP contribution is -2.40. The molecule has 0 unspecified atom stereocenters. The predicted octanol–water partition coefficient (Wildman–Crippen LogP) is 1.06. The highest BCUT2D eigenvalue weighted by atomic mass is 16.6. The molecule has 2 rings (SSSR count). The maximum absolute atomic E-state index is 10.5. The molecule has 0 radical (unpaired) electrons. The maximum Gasteiger partial charge on any atom is 0.269 e. The summed E-state index contributed by atoms with van der Waals surface area (Å²) in [5.41, 5.74) is 1.27. The van der Waals surface area contributed by atoms with Gasteiger partial charge < -0.3 is 10.1 Å². The summed E-state index contributed by atoms with van der Waals surface area (Å²) in [6.45, 7) is 6.61. The van der Waals surface area contributed by atoms with Crippen molar-refractivity contribution in [2.75, 3.05) is 45.9 Å². The number of benzene rings is 1. The molecule has 0 aliphatic carbocycles. The van der Waals surface area contributed by atoms with Gasteiger partial charge in [-0.25, -0.2) is 0 Å². The summed E-state index contributed by atoms with van der Waals surface area (Å²) in [4.78, 5) is 12.6. The highest BCUT2D eigenvalue weighted by molar-refractivity contribution is 5.32. The first-order valence-electron chi connectivity index (χ1n) is 7.00. The van der Waals surface area contributed by atoms with Gasteiger partial charge in [0.25, 0.3) is 5.69 Å². The first-order valence-corrected chi connectivity index (χ1v) is 7.00. The molecule has 6 heteroatoms. The van der Waals surface area contributed by atoms with Gasteiger partial charge in [-0.1, -0.05) is 12.1 Å². The summed E-state index contributed by atoms with van der Waals surface area (Å²) in [6, 6.07) is 6.76. The van der Waals surface area contributed by atoms with Crippen LogP contribution in [-0.4, -0.2) is 55.8 Å². The van der Waals surface area contributed by atoms with E-state index in [0.29, 0.717) is 0 Å². The maximum atomic E-state index is 10.5. The van der Waals surface area contributed by atoms with Gasteiger partial charge in [0.1, 0.15) is 0 Å². The predicted molar refractivity (Wildman–Crippen MR) is 76.9 cm³/mol. The standard InChI is InChI=1S/C14H21N3O3/c18-17(19)14-3-1-13(2-4-14)5-6-15-7-8-16-9-11-20-12-10-16/h1-4,15H,5-12H2. The zero-order valence-corrected chi connectivity index (χ0v) is 11.6. The Morgan fingerprint density at radius 2 is 1.90 bits per heavy atom. The zero-order chi connectivity index (χ0) is 14.2. The van der Waals surface area contributed by atoms with E-state index in [1.165, 1.54) is 0 Å². The Bertz CT molecular complexity index is 416. The molecule has 110 valence electrons. The van der Waals surface area contributed by atoms with E-state index < -0.39 is 0 Å². The largest absolute Gasteiger partial charge is 0.379 e. The van der Waals surface area contributed by atoms with E-state index in [9.17, 15) is 10.1 Å². The van der Waals surface area contributed by atoms with Crippen LogP contribution >= 0.6 is 0 Å². The average molecular weight is 279 g/mol. The lowest BCUT2D eigenvalue weighted by molar-refractivity contribution is -0.384. The summed E-state index contributed by atoms with van der Waals surface area (Å²) >= 11 is 0. The molecular weight excluding hydrogens is 258 g/mol. The Labute approximate surface area is 118 Å². The minimum atomic E-state index is -0.371. The fourth-order valence-electron chi connectivity index (χ4n) is 2.20. The Hall–Kier alpha value is -1.50. The third-order valence-electron chi connectivity index (χ3n) is 3.45. The fraction of sp³-hybridized carbons (Fsp3) is 0.571. The second-order valence-corrected chi connectivity index (χ2v) is 4.88. The topological polar surface area (TPSA) is 67.6 Å². The fourth-order valence-corrected chi connectivity index (χ4v) is 2.20. The van der Waals surface area contributed by atoms with Crippen LogP contribution in [0.2, 0.25) is 0 Å². The van der Waals surface area contributed by atoms with Gasteiger partial charge in [-0.3, -0.25) is 15.0 Å². The normalized spacial score (nSPS) is 16.2. The van der Waals surface area contributed by atoms with Crippen molar-refractivity contribution < 1.29 is 9.66 Å². The van der Waals surface area contributed by atoms with Gasteiger partial charge in [0.15, 0.2) is 0 Å². The Morgan fingerprint density at radius 1 is 1.20 bits per heavy atom. The first kappa shape index (κ1) is 14.9. The van der Waals surface area contributed by atoms with E-state index in [1.807, 2.05) is 12.1 Å². The van der Waals surface area contributed by atoms with E-state index in [1.54, 1.807) is 12.1 Å². The van der Waals surface area contributed by atoms with Gasteiger partial charge in [-0.15, -0.1) is 0 Å². The van der Waals surface area contributed by atoms with Crippen LogP contribution < -0.4 is 5.32 Å².